The van der Waals surface area contributed by atoms with Crippen molar-refractivity contribution >= 4 is 18.1 Å². The summed E-state index contributed by atoms with van der Waals surface area (Å²) in [6.07, 6.45) is -0.343. The molecule has 3 amide bonds. The highest BCUT2D eigenvalue weighted by atomic mass is 16.6. The number of para-hydroxylation sites is 1. The zero-order valence-electron chi connectivity index (χ0n) is 20.5. The van der Waals surface area contributed by atoms with Crippen molar-refractivity contribution in [1.29, 1.82) is 0 Å². The van der Waals surface area contributed by atoms with Crippen LogP contribution in [0.2, 0.25) is 0 Å². The molecule has 2 heterocycles. The summed E-state index contributed by atoms with van der Waals surface area (Å²) in [6, 6.07) is 6.16. The van der Waals surface area contributed by atoms with E-state index in [9.17, 15) is 14.4 Å². The van der Waals surface area contributed by atoms with Gasteiger partial charge in [-0.25, -0.2) is 14.4 Å². The minimum absolute atomic E-state index is 0.323. The highest BCUT2D eigenvalue weighted by Crippen LogP contribution is 2.34. The van der Waals surface area contributed by atoms with Crippen molar-refractivity contribution in [2.45, 2.75) is 39.3 Å². The zero-order chi connectivity index (χ0) is 24.9. The summed E-state index contributed by atoms with van der Waals surface area (Å²) in [5, 5.41) is 5.62. The number of carbonyl (C=O) groups is 3. The molecule has 0 spiro atoms. The second kappa shape index (κ2) is 10.8. The summed E-state index contributed by atoms with van der Waals surface area (Å²) >= 11 is 0. The largest absolute Gasteiger partial charge is 0.494 e. The molecule has 2 aliphatic rings. The molecule has 1 aromatic carbocycles. The minimum Gasteiger partial charge on any atom is -0.494 e. The number of methoxy groups -OCH3 is 1. The van der Waals surface area contributed by atoms with Crippen LogP contribution < -0.4 is 15.4 Å². The molecule has 0 saturated carbocycles. The molecule has 186 valence electrons. The summed E-state index contributed by atoms with van der Waals surface area (Å²) in [5.74, 6) is 0.0510. The number of amides is 3. The third-order valence-corrected chi connectivity index (χ3v) is 5.49. The van der Waals surface area contributed by atoms with Gasteiger partial charge in [-0.15, -0.1) is 0 Å². The number of carbonyl (C=O) groups excluding carboxylic acids is 3. The quantitative estimate of drug-likeness (QED) is 0.610. The molecule has 10 heteroatoms. The van der Waals surface area contributed by atoms with Crippen molar-refractivity contribution in [3.8, 4) is 5.75 Å². The van der Waals surface area contributed by atoms with Crippen LogP contribution in [0.5, 0.6) is 5.75 Å². The van der Waals surface area contributed by atoms with Crippen molar-refractivity contribution < 1.29 is 28.6 Å². The molecule has 3 rings (SSSR count). The lowest BCUT2D eigenvalue weighted by Gasteiger charge is -2.37. The van der Waals surface area contributed by atoms with E-state index in [-0.39, 0.29) is 6.09 Å². The van der Waals surface area contributed by atoms with Gasteiger partial charge in [0.15, 0.2) is 0 Å². The molecule has 2 aliphatic heterocycles. The Morgan fingerprint density at radius 2 is 1.79 bits per heavy atom. The third-order valence-electron chi connectivity index (χ3n) is 5.49. The van der Waals surface area contributed by atoms with Gasteiger partial charge >= 0.3 is 18.1 Å². The lowest BCUT2D eigenvalue weighted by Crippen LogP contribution is -2.53. The number of esters is 1. The van der Waals surface area contributed by atoms with Crippen LogP contribution in [0.15, 0.2) is 35.5 Å². The lowest BCUT2D eigenvalue weighted by molar-refractivity contribution is -0.136. The average molecular weight is 475 g/mol. The summed E-state index contributed by atoms with van der Waals surface area (Å²) < 4.78 is 16.3. The molecular formula is C24H34N4O6. The predicted octanol–water partition coefficient (Wildman–Crippen LogP) is 2.42. The maximum atomic E-state index is 12.9. The highest BCUT2D eigenvalue weighted by Gasteiger charge is 2.36. The fraction of sp³-hybridized carbons (Fsp3) is 0.542. The van der Waals surface area contributed by atoms with Crippen LogP contribution in [-0.2, 0) is 14.3 Å². The molecule has 34 heavy (non-hydrogen) atoms. The van der Waals surface area contributed by atoms with Gasteiger partial charge in [0.1, 0.15) is 11.4 Å². The van der Waals surface area contributed by atoms with Crippen LogP contribution >= 0.6 is 0 Å². The number of piperazine rings is 1. The molecule has 1 saturated heterocycles. The van der Waals surface area contributed by atoms with Crippen LogP contribution in [0.3, 0.4) is 0 Å². The maximum Gasteiger partial charge on any atom is 0.410 e. The summed E-state index contributed by atoms with van der Waals surface area (Å²) in [4.78, 5) is 41.5. The Bertz CT molecular complexity index is 947. The number of hydrogen-bond acceptors (Lipinski definition) is 7. The van der Waals surface area contributed by atoms with Crippen LogP contribution in [0, 0.1) is 0 Å². The molecule has 0 bridgehead atoms. The van der Waals surface area contributed by atoms with E-state index in [1.807, 2.05) is 45.9 Å². The zero-order valence-corrected chi connectivity index (χ0v) is 20.5. The van der Waals surface area contributed by atoms with E-state index in [2.05, 4.69) is 15.5 Å². The first kappa shape index (κ1) is 25.4. The van der Waals surface area contributed by atoms with Crippen molar-refractivity contribution in [1.82, 2.24) is 20.4 Å². The van der Waals surface area contributed by atoms with Crippen molar-refractivity contribution in [3.63, 3.8) is 0 Å². The molecule has 1 fully saturated rings. The number of hydrogen-bond donors (Lipinski definition) is 2. The molecule has 10 nitrogen and oxygen atoms in total. The molecule has 0 aliphatic carbocycles. The van der Waals surface area contributed by atoms with Gasteiger partial charge in [-0.2, -0.15) is 0 Å². The monoisotopic (exact) mass is 474 g/mol. The first-order valence-corrected chi connectivity index (χ1v) is 11.4. The van der Waals surface area contributed by atoms with E-state index in [1.54, 1.807) is 11.0 Å². The molecule has 0 radical (unpaired) electrons. The molecule has 1 atom stereocenters. The predicted molar refractivity (Wildman–Crippen MR) is 125 cm³/mol. The van der Waals surface area contributed by atoms with Gasteiger partial charge in [-0.3, -0.25) is 4.90 Å². The van der Waals surface area contributed by atoms with Crippen molar-refractivity contribution in [2.24, 2.45) is 0 Å². The Morgan fingerprint density at radius 1 is 1.12 bits per heavy atom. The first-order chi connectivity index (χ1) is 16.1. The number of nitrogens with one attached hydrogen (secondary N) is 2. The first-order valence-electron chi connectivity index (χ1n) is 11.4. The fourth-order valence-electron chi connectivity index (χ4n) is 3.97. The van der Waals surface area contributed by atoms with Crippen molar-refractivity contribution in [3.05, 3.63) is 41.1 Å². The standard InChI is InChI=1S/C24H34N4O6/c1-6-33-18-10-8-7-9-16(18)20-19(21(29)32-5)17(25-22(30)26-20)15-27-11-13-28(14-12-27)23(31)34-24(2,3)4/h7-10,20H,6,11-15H2,1-5H3,(H2,25,26,30)/t20-/m0/s1. The number of nitrogens with zero attached hydrogens (tertiary/aromatic N) is 2. The Hall–Kier alpha value is -3.27. The minimum atomic E-state index is -0.720. The van der Waals surface area contributed by atoms with E-state index in [1.165, 1.54) is 7.11 Å². The fourth-order valence-corrected chi connectivity index (χ4v) is 3.97. The van der Waals surface area contributed by atoms with Crippen LogP contribution in [0.25, 0.3) is 0 Å². The Labute approximate surface area is 200 Å². The summed E-state index contributed by atoms with van der Waals surface area (Å²) in [7, 11) is 1.31. The Kier molecular flexibility index (Phi) is 8.03. The summed E-state index contributed by atoms with van der Waals surface area (Å²) in [5.41, 5.74) is 0.911. The molecule has 1 aromatic rings. The van der Waals surface area contributed by atoms with Crippen LogP contribution in [0.1, 0.15) is 39.3 Å². The van der Waals surface area contributed by atoms with Crippen LogP contribution in [-0.4, -0.2) is 79.9 Å². The van der Waals surface area contributed by atoms with E-state index in [0.717, 1.165) is 0 Å². The summed E-state index contributed by atoms with van der Waals surface area (Å²) in [6.45, 7) is 10.3. The second-order valence-electron chi connectivity index (χ2n) is 9.13. The van der Waals surface area contributed by atoms with Gasteiger partial charge < -0.3 is 29.7 Å². The van der Waals surface area contributed by atoms with Crippen LogP contribution in [0.4, 0.5) is 9.59 Å². The smallest absolute Gasteiger partial charge is 0.410 e. The Balaban J connectivity index is 1.82. The van der Waals surface area contributed by atoms with Gasteiger partial charge in [0.05, 0.1) is 25.3 Å². The van der Waals surface area contributed by atoms with E-state index in [0.29, 0.717) is 61.9 Å². The van der Waals surface area contributed by atoms with Gasteiger partial charge in [0.25, 0.3) is 0 Å². The highest BCUT2D eigenvalue weighted by molar-refractivity contribution is 5.95. The molecular weight excluding hydrogens is 440 g/mol. The average Bonchev–Trinajstić information content (AvgIpc) is 2.78. The number of benzene rings is 1. The van der Waals surface area contributed by atoms with Gasteiger partial charge in [-0.05, 0) is 33.8 Å². The van der Waals surface area contributed by atoms with Gasteiger partial charge in [0.2, 0.25) is 0 Å². The molecule has 2 N–H and O–H groups in total. The normalized spacial score (nSPS) is 19.3. The number of ether oxygens (including phenoxy) is 3. The third kappa shape index (κ3) is 6.19. The lowest BCUT2D eigenvalue weighted by atomic mass is 9.94. The van der Waals surface area contributed by atoms with E-state index in [4.69, 9.17) is 14.2 Å². The van der Waals surface area contributed by atoms with Gasteiger partial charge in [-0.1, -0.05) is 18.2 Å². The molecule has 0 unspecified atom stereocenters. The van der Waals surface area contributed by atoms with E-state index < -0.39 is 23.6 Å². The van der Waals surface area contributed by atoms with Crippen molar-refractivity contribution in [2.75, 3.05) is 46.4 Å². The Morgan fingerprint density at radius 3 is 2.41 bits per heavy atom. The van der Waals surface area contributed by atoms with Gasteiger partial charge in [0, 0.05) is 44.0 Å². The second-order valence-corrected chi connectivity index (χ2v) is 9.13. The SMILES string of the molecule is CCOc1ccccc1[C@@H]1NC(=O)NC(CN2CCN(C(=O)OC(C)(C)C)CC2)=C1C(=O)OC. The molecule has 0 aromatic heterocycles. The maximum absolute atomic E-state index is 12.9. The topological polar surface area (TPSA) is 109 Å². The number of rotatable bonds is 6. The van der Waals surface area contributed by atoms with E-state index >= 15 is 0 Å². The number of urea groups is 1.